The molecular weight excluding hydrogens is 276 g/mol. The molecule has 0 saturated heterocycles. The summed E-state index contributed by atoms with van der Waals surface area (Å²) in [6.45, 7) is 1.63. The highest BCUT2D eigenvalue weighted by Crippen LogP contribution is 2.36. The normalized spacial score (nSPS) is 14.6. The number of ether oxygens (including phenoxy) is 1. The minimum absolute atomic E-state index is 0.380. The van der Waals surface area contributed by atoms with Crippen molar-refractivity contribution < 1.29 is 31.1 Å². The Morgan fingerprint density at radius 1 is 0.947 bits per heavy atom. The Balaban J connectivity index is 2.92. The van der Waals surface area contributed by atoms with E-state index in [0.29, 0.717) is 5.56 Å². The summed E-state index contributed by atoms with van der Waals surface area (Å²) in [7, 11) is 0. The van der Waals surface area contributed by atoms with Gasteiger partial charge in [0.2, 0.25) is 0 Å². The lowest BCUT2D eigenvalue weighted by molar-refractivity contribution is -0.299. The van der Waals surface area contributed by atoms with Gasteiger partial charge in [0, 0.05) is 6.04 Å². The van der Waals surface area contributed by atoms with Gasteiger partial charge in [-0.05, 0) is 24.6 Å². The molecule has 2 nitrogen and oxygen atoms in total. The molecule has 0 aliphatic carbocycles. The van der Waals surface area contributed by atoms with Crippen molar-refractivity contribution in [2.75, 3.05) is 0 Å². The van der Waals surface area contributed by atoms with Crippen LogP contribution >= 0.6 is 0 Å². The summed E-state index contributed by atoms with van der Waals surface area (Å²) in [5, 5.41) is 0. The Hall–Kier alpha value is -1.44. The molecule has 0 bridgehead atoms. The molecule has 0 saturated carbocycles. The van der Waals surface area contributed by atoms with Crippen molar-refractivity contribution in [3.8, 4) is 5.75 Å². The monoisotopic (exact) mass is 287 g/mol. The average molecular weight is 287 g/mol. The van der Waals surface area contributed by atoms with Crippen molar-refractivity contribution in [2.24, 2.45) is 5.73 Å². The zero-order valence-electron chi connectivity index (χ0n) is 9.72. The first-order valence-electron chi connectivity index (χ1n) is 5.17. The Kier molecular flexibility index (Phi) is 4.34. The van der Waals surface area contributed by atoms with Crippen LogP contribution in [0.15, 0.2) is 24.3 Å². The van der Waals surface area contributed by atoms with Crippen molar-refractivity contribution in [1.82, 2.24) is 0 Å². The van der Waals surface area contributed by atoms with Gasteiger partial charge in [-0.25, -0.2) is 0 Å². The van der Waals surface area contributed by atoms with E-state index in [1.165, 1.54) is 12.1 Å². The Morgan fingerprint density at radius 2 is 1.37 bits per heavy atom. The third kappa shape index (κ3) is 4.30. The van der Waals surface area contributed by atoms with Crippen LogP contribution in [-0.4, -0.2) is 18.5 Å². The van der Waals surface area contributed by atoms with Crippen LogP contribution in [-0.2, 0) is 0 Å². The highest BCUT2D eigenvalue weighted by atomic mass is 19.4. The van der Waals surface area contributed by atoms with E-state index in [1.807, 2.05) is 0 Å². The molecule has 1 aromatic rings. The molecule has 1 rings (SSSR count). The summed E-state index contributed by atoms with van der Waals surface area (Å²) in [5.74, 6) is -0.524. The van der Waals surface area contributed by atoms with Crippen LogP contribution in [0.3, 0.4) is 0 Å². The zero-order valence-corrected chi connectivity index (χ0v) is 9.72. The number of hydrogen-bond acceptors (Lipinski definition) is 2. The molecule has 2 N–H and O–H groups in total. The fourth-order valence-corrected chi connectivity index (χ4v) is 1.31. The second kappa shape index (κ2) is 5.28. The van der Waals surface area contributed by atoms with E-state index in [0.717, 1.165) is 12.1 Å². The maximum atomic E-state index is 12.2. The first kappa shape index (κ1) is 15.6. The van der Waals surface area contributed by atoms with Crippen LogP contribution in [0, 0.1) is 0 Å². The van der Waals surface area contributed by atoms with Gasteiger partial charge in [0.05, 0.1) is 0 Å². The lowest BCUT2D eigenvalue weighted by atomic mass is 10.1. The average Bonchev–Trinajstić information content (AvgIpc) is 2.23. The minimum Gasteiger partial charge on any atom is -0.471 e. The lowest BCUT2D eigenvalue weighted by Crippen LogP contribution is -2.46. The third-order valence-corrected chi connectivity index (χ3v) is 2.25. The molecule has 0 unspecified atom stereocenters. The number of benzene rings is 1. The smallest absolute Gasteiger partial charge is 0.434 e. The highest BCUT2D eigenvalue weighted by molar-refractivity contribution is 5.29. The van der Waals surface area contributed by atoms with Crippen LogP contribution < -0.4 is 10.5 Å². The van der Waals surface area contributed by atoms with Gasteiger partial charge < -0.3 is 10.5 Å². The lowest BCUT2D eigenvalue weighted by Gasteiger charge is -2.24. The number of rotatable bonds is 3. The summed E-state index contributed by atoms with van der Waals surface area (Å²) in [6.07, 6.45) is -14.9. The maximum absolute atomic E-state index is 12.2. The van der Waals surface area contributed by atoms with E-state index in [4.69, 9.17) is 5.73 Å². The van der Waals surface area contributed by atoms with Crippen molar-refractivity contribution in [3.63, 3.8) is 0 Å². The molecule has 0 heterocycles. The summed E-state index contributed by atoms with van der Waals surface area (Å²) >= 11 is 0. The molecule has 0 aliphatic heterocycles. The quantitative estimate of drug-likeness (QED) is 0.862. The van der Waals surface area contributed by atoms with Gasteiger partial charge in [0.25, 0.3) is 6.10 Å². The molecule has 1 atom stereocenters. The fraction of sp³-hybridized carbons (Fsp3) is 0.455. The van der Waals surface area contributed by atoms with Gasteiger partial charge in [-0.2, -0.15) is 26.3 Å². The van der Waals surface area contributed by atoms with Gasteiger partial charge in [0.1, 0.15) is 5.75 Å². The zero-order chi connectivity index (χ0) is 14.8. The molecule has 0 aliphatic rings. The Labute approximate surface area is 105 Å². The maximum Gasteiger partial charge on any atom is 0.434 e. The summed E-state index contributed by atoms with van der Waals surface area (Å²) < 4.78 is 77.5. The fourth-order valence-electron chi connectivity index (χ4n) is 1.31. The number of alkyl halides is 6. The first-order valence-corrected chi connectivity index (χ1v) is 5.17. The molecule has 0 radical (unpaired) electrons. The van der Waals surface area contributed by atoms with Crippen LogP contribution in [0.5, 0.6) is 5.75 Å². The first-order chi connectivity index (χ1) is 8.51. The third-order valence-electron chi connectivity index (χ3n) is 2.25. The molecule has 19 heavy (non-hydrogen) atoms. The number of nitrogens with two attached hydrogens (primary N) is 1. The second-order valence-electron chi connectivity index (χ2n) is 3.94. The van der Waals surface area contributed by atoms with E-state index in [2.05, 4.69) is 4.74 Å². The molecule has 108 valence electrons. The predicted molar refractivity (Wildman–Crippen MR) is 55.6 cm³/mol. The van der Waals surface area contributed by atoms with Gasteiger partial charge in [-0.1, -0.05) is 12.1 Å². The highest BCUT2D eigenvalue weighted by Gasteiger charge is 2.59. The van der Waals surface area contributed by atoms with Crippen molar-refractivity contribution in [2.45, 2.75) is 31.4 Å². The van der Waals surface area contributed by atoms with Crippen LogP contribution in [0.4, 0.5) is 26.3 Å². The van der Waals surface area contributed by atoms with Crippen molar-refractivity contribution in [3.05, 3.63) is 29.8 Å². The molecule has 0 fully saturated rings. The number of halogens is 6. The van der Waals surface area contributed by atoms with Crippen molar-refractivity contribution in [1.29, 1.82) is 0 Å². The van der Waals surface area contributed by atoms with E-state index in [1.54, 1.807) is 6.92 Å². The van der Waals surface area contributed by atoms with E-state index in [9.17, 15) is 26.3 Å². The van der Waals surface area contributed by atoms with E-state index in [-0.39, 0.29) is 6.04 Å². The Bertz CT molecular complexity index is 395. The van der Waals surface area contributed by atoms with E-state index >= 15 is 0 Å². The SMILES string of the molecule is C[C@@H](N)c1ccc(OC(C(F)(F)F)C(F)(F)F)cc1. The molecule has 0 aromatic heterocycles. The topological polar surface area (TPSA) is 35.2 Å². The second-order valence-corrected chi connectivity index (χ2v) is 3.94. The van der Waals surface area contributed by atoms with E-state index < -0.39 is 24.2 Å². The van der Waals surface area contributed by atoms with Gasteiger partial charge in [-0.15, -0.1) is 0 Å². The largest absolute Gasteiger partial charge is 0.471 e. The predicted octanol–water partition coefficient (Wildman–Crippen LogP) is 3.58. The Morgan fingerprint density at radius 3 is 1.68 bits per heavy atom. The molecule has 0 amide bonds. The molecular formula is C11H11F6NO. The minimum atomic E-state index is -5.53. The van der Waals surface area contributed by atoms with Crippen LogP contribution in [0.2, 0.25) is 0 Å². The number of hydrogen-bond donors (Lipinski definition) is 1. The summed E-state index contributed by atoms with van der Waals surface area (Å²) in [4.78, 5) is 0. The summed E-state index contributed by atoms with van der Waals surface area (Å²) in [6, 6.07) is 4.27. The van der Waals surface area contributed by atoms with Crippen LogP contribution in [0.1, 0.15) is 18.5 Å². The van der Waals surface area contributed by atoms with Gasteiger partial charge in [-0.3, -0.25) is 0 Å². The molecule has 0 spiro atoms. The summed E-state index contributed by atoms with van der Waals surface area (Å²) in [5.41, 5.74) is 6.07. The van der Waals surface area contributed by atoms with Crippen LogP contribution in [0.25, 0.3) is 0 Å². The van der Waals surface area contributed by atoms with Gasteiger partial charge >= 0.3 is 12.4 Å². The van der Waals surface area contributed by atoms with Gasteiger partial charge in [0.15, 0.2) is 0 Å². The van der Waals surface area contributed by atoms with Crippen molar-refractivity contribution >= 4 is 0 Å². The molecule has 1 aromatic carbocycles. The molecule has 8 heteroatoms. The standard InChI is InChI=1S/C11H11F6NO/c1-6(18)7-2-4-8(5-3-7)19-9(10(12,13)14)11(15,16)17/h2-6,9H,18H2,1H3/t6-/m1/s1.